The van der Waals surface area contributed by atoms with E-state index in [9.17, 15) is 14.4 Å². The molecular formula is C32H35FN5O2P. The zero-order chi connectivity index (χ0) is 28.6. The summed E-state index contributed by atoms with van der Waals surface area (Å²) in [5, 5.41) is 10.8. The van der Waals surface area contributed by atoms with E-state index in [1.54, 1.807) is 23.2 Å². The SMILES string of the molecule is O=C(N1CCN(CCCC(c2ccc(F)cc2)c2ccc(P)cc2)CC1)N(c1ccccc1)c1ncccc1NO. The molecule has 212 valence electrons. The van der Waals surface area contributed by atoms with Gasteiger partial charge >= 0.3 is 6.03 Å². The number of aromatic nitrogens is 1. The Morgan fingerprint density at radius 1 is 0.927 bits per heavy atom. The number of carbonyl (C=O) groups is 1. The number of pyridine rings is 1. The van der Waals surface area contributed by atoms with Crippen molar-refractivity contribution in [3.8, 4) is 0 Å². The van der Waals surface area contributed by atoms with Crippen molar-refractivity contribution in [1.82, 2.24) is 14.8 Å². The fraction of sp³-hybridized carbons (Fsp3) is 0.250. The fourth-order valence-electron chi connectivity index (χ4n) is 5.34. The van der Waals surface area contributed by atoms with E-state index in [0.29, 0.717) is 30.3 Å². The van der Waals surface area contributed by atoms with Crippen molar-refractivity contribution < 1.29 is 14.4 Å². The Morgan fingerprint density at radius 3 is 2.24 bits per heavy atom. The minimum Gasteiger partial charge on any atom is -0.321 e. The summed E-state index contributed by atoms with van der Waals surface area (Å²) in [6.07, 6.45) is 3.53. The lowest BCUT2D eigenvalue weighted by Crippen LogP contribution is -2.52. The number of hydrogen-bond donors (Lipinski definition) is 2. The monoisotopic (exact) mass is 571 g/mol. The van der Waals surface area contributed by atoms with Crippen LogP contribution >= 0.6 is 9.24 Å². The van der Waals surface area contributed by atoms with Gasteiger partial charge in [0.1, 0.15) is 11.5 Å². The summed E-state index contributed by atoms with van der Waals surface area (Å²) in [6, 6.07) is 27.9. The van der Waals surface area contributed by atoms with Gasteiger partial charge in [0.15, 0.2) is 5.82 Å². The van der Waals surface area contributed by atoms with Gasteiger partial charge in [0.05, 0.1) is 5.69 Å². The molecule has 0 radical (unpaired) electrons. The maximum atomic E-state index is 13.8. The zero-order valence-corrected chi connectivity index (χ0v) is 24.0. The van der Waals surface area contributed by atoms with Gasteiger partial charge in [-0.2, -0.15) is 0 Å². The number of carbonyl (C=O) groups excluding carboxylic acids is 1. The first-order valence-electron chi connectivity index (χ1n) is 13.9. The summed E-state index contributed by atoms with van der Waals surface area (Å²) in [5.74, 6) is 0.310. The Bertz CT molecular complexity index is 1370. The van der Waals surface area contributed by atoms with E-state index in [4.69, 9.17) is 0 Å². The van der Waals surface area contributed by atoms with Crippen LogP contribution in [0.1, 0.15) is 29.9 Å². The topological polar surface area (TPSA) is 71.9 Å². The van der Waals surface area contributed by atoms with Gasteiger partial charge in [0.25, 0.3) is 0 Å². The molecule has 1 aliphatic heterocycles. The Morgan fingerprint density at radius 2 is 1.59 bits per heavy atom. The lowest BCUT2D eigenvalue weighted by molar-refractivity contribution is 0.143. The molecule has 2 unspecified atom stereocenters. The van der Waals surface area contributed by atoms with Gasteiger partial charge in [0, 0.05) is 38.3 Å². The molecule has 2 amide bonds. The lowest BCUT2D eigenvalue weighted by atomic mass is 9.87. The molecule has 0 spiro atoms. The Balaban J connectivity index is 1.22. The van der Waals surface area contributed by atoms with Crippen molar-refractivity contribution in [1.29, 1.82) is 0 Å². The van der Waals surface area contributed by atoms with Crippen molar-refractivity contribution in [2.24, 2.45) is 0 Å². The van der Waals surface area contributed by atoms with Crippen molar-refractivity contribution in [3.63, 3.8) is 0 Å². The van der Waals surface area contributed by atoms with Crippen molar-refractivity contribution in [3.05, 3.63) is 114 Å². The minimum absolute atomic E-state index is 0.181. The highest BCUT2D eigenvalue weighted by atomic mass is 31.0. The number of nitrogens with zero attached hydrogens (tertiary/aromatic N) is 4. The second-order valence-corrected chi connectivity index (χ2v) is 10.8. The molecule has 3 aromatic carbocycles. The molecule has 1 aliphatic rings. The molecule has 5 rings (SSSR count). The molecule has 41 heavy (non-hydrogen) atoms. The predicted molar refractivity (Wildman–Crippen MR) is 165 cm³/mol. The average Bonchev–Trinajstić information content (AvgIpc) is 3.02. The van der Waals surface area contributed by atoms with E-state index in [1.165, 1.54) is 17.7 Å². The minimum atomic E-state index is -0.224. The highest BCUT2D eigenvalue weighted by Crippen LogP contribution is 2.32. The van der Waals surface area contributed by atoms with Crippen molar-refractivity contribution >= 4 is 37.8 Å². The van der Waals surface area contributed by atoms with Gasteiger partial charge in [-0.15, -0.1) is 9.24 Å². The molecule has 0 saturated carbocycles. The van der Waals surface area contributed by atoms with Gasteiger partial charge in [-0.1, -0.05) is 54.6 Å². The van der Waals surface area contributed by atoms with Crippen LogP contribution < -0.4 is 15.7 Å². The summed E-state index contributed by atoms with van der Waals surface area (Å²) in [6.45, 7) is 3.64. The third-order valence-corrected chi connectivity index (χ3v) is 7.93. The van der Waals surface area contributed by atoms with Gasteiger partial charge in [-0.3, -0.25) is 15.6 Å². The van der Waals surface area contributed by atoms with Crippen LogP contribution in [-0.2, 0) is 0 Å². The van der Waals surface area contributed by atoms with Crippen LogP contribution in [0, 0.1) is 5.82 Å². The molecule has 4 aromatic rings. The van der Waals surface area contributed by atoms with E-state index in [2.05, 4.69) is 48.9 Å². The van der Waals surface area contributed by atoms with Crippen LogP contribution in [0.5, 0.6) is 0 Å². The van der Waals surface area contributed by atoms with E-state index in [-0.39, 0.29) is 17.8 Å². The average molecular weight is 572 g/mol. The first kappa shape index (κ1) is 28.7. The zero-order valence-electron chi connectivity index (χ0n) is 22.9. The maximum Gasteiger partial charge on any atom is 0.330 e. The van der Waals surface area contributed by atoms with Gasteiger partial charge in [0.2, 0.25) is 0 Å². The summed E-state index contributed by atoms with van der Waals surface area (Å²) >= 11 is 0. The smallest absolute Gasteiger partial charge is 0.321 e. The Labute approximate surface area is 242 Å². The normalized spacial score (nSPS) is 14.5. The summed E-state index contributed by atoms with van der Waals surface area (Å²) in [4.78, 5) is 24.0. The highest BCUT2D eigenvalue weighted by molar-refractivity contribution is 7.27. The van der Waals surface area contributed by atoms with Crippen molar-refractivity contribution in [2.75, 3.05) is 43.1 Å². The fourth-order valence-corrected chi connectivity index (χ4v) is 5.53. The summed E-state index contributed by atoms with van der Waals surface area (Å²) in [5.41, 5.74) is 5.54. The molecule has 2 atom stereocenters. The number of halogens is 1. The number of benzene rings is 3. The van der Waals surface area contributed by atoms with Gasteiger partial charge < -0.3 is 4.90 Å². The molecule has 0 aliphatic carbocycles. The number of piperazine rings is 1. The molecule has 2 heterocycles. The molecule has 9 heteroatoms. The third kappa shape index (κ3) is 7.09. The maximum absolute atomic E-state index is 13.8. The largest absolute Gasteiger partial charge is 0.330 e. The predicted octanol–water partition coefficient (Wildman–Crippen LogP) is 6.01. The number of anilines is 3. The van der Waals surface area contributed by atoms with Crippen LogP contribution in [0.25, 0.3) is 0 Å². The molecule has 2 N–H and O–H groups in total. The number of nitrogens with one attached hydrogen (secondary N) is 1. The summed E-state index contributed by atoms with van der Waals surface area (Å²) < 4.78 is 13.6. The first-order valence-corrected chi connectivity index (χ1v) is 14.4. The van der Waals surface area contributed by atoms with Crippen LogP contribution in [0.2, 0.25) is 0 Å². The van der Waals surface area contributed by atoms with Gasteiger partial charge in [-0.25, -0.2) is 19.1 Å². The Kier molecular flexibility index (Phi) is 9.57. The number of para-hydroxylation sites is 1. The van der Waals surface area contributed by atoms with E-state index < -0.39 is 0 Å². The molecule has 1 saturated heterocycles. The highest BCUT2D eigenvalue weighted by Gasteiger charge is 2.29. The summed E-state index contributed by atoms with van der Waals surface area (Å²) in [7, 11) is 2.72. The molecular weight excluding hydrogens is 536 g/mol. The van der Waals surface area contributed by atoms with E-state index in [0.717, 1.165) is 43.3 Å². The molecule has 1 fully saturated rings. The lowest BCUT2D eigenvalue weighted by Gasteiger charge is -2.37. The van der Waals surface area contributed by atoms with Gasteiger partial charge in [-0.05, 0) is 72.2 Å². The molecule has 1 aromatic heterocycles. The second-order valence-electron chi connectivity index (χ2n) is 10.2. The van der Waals surface area contributed by atoms with Crippen molar-refractivity contribution in [2.45, 2.75) is 18.8 Å². The van der Waals surface area contributed by atoms with E-state index in [1.807, 2.05) is 47.4 Å². The second kappa shape index (κ2) is 13.7. The molecule has 0 bridgehead atoms. The molecule has 7 nitrogen and oxygen atoms in total. The van der Waals surface area contributed by atoms with Crippen LogP contribution in [0.3, 0.4) is 0 Å². The number of hydrogen-bond acceptors (Lipinski definition) is 5. The third-order valence-electron chi connectivity index (χ3n) is 7.55. The number of amides is 2. The standard InChI is InChI=1S/C32H35FN5O2P/c33-26-14-10-24(11-15-26)29(25-12-16-28(41)17-13-25)8-5-19-36-20-22-37(23-21-36)32(39)38(27-6-2-1-3-7-27)31-30(35-40)9-4-18-34-31/h1-4,6-7,9-18,29,35,40H,5,8,19-23,41H2. The number of rotatable bonds is 9. The van der Waals surface area contributed by atoms with Crippen LogP contribution in [0.4, 0.5) is 26.4 Å². The van der Waals surface area contributed by atoms with Crippen LogP contribution in [0.15, 0.2) is 97.2 Å². The quantitative estimate of drug-likeness (QED) is 0.190. The van der Waals surface area contributed by atoms with Crippen LogP contribution in [-0.4, -0.2) is 58.7 Å². The Hall–Kier alpha value is -3.84. The van der Waals surface area contributed by atoms with E-state index >= 15 is 0 Å². The first-order chi connectivity index (χ1) is 20.0. The number of urea groups is 1.